The van der Waals surface area contributed by atoms with Gasteiger partial charge in [-0.3, -0.25) is 4.79 Å². The molecule has 0 aliphatic heterocycles. The molecule has 1 rings (SSSR count). The second kappa shape index (κ2) is 5.36. The van der Waals surface area contributed by atoms with Gasteiger partial charge in [0.1, 0.15) is 5.75 Å². The number of rotatable bonds is 4. The van der Waals surface area contributed by atoms with Gasteiger partial charge in [-0.2, -0.15) is 0 Å². The van der Waals surface area contributed by atoms with E-state index in [4.69, 9.17) is 10.5 Å². The minimum absolute atomic E-state index is 0.0844. The molecular weight excluding hydrogens is 192 g/mol. The second-order valence-electron chi connectivity index (χ2n) is 3.25. The lowest BCUT2D eigenvalue weighted by Crippen LogP contribution is -2.08. The standard InChI is InChI=1S/C11H16N2O2/c1-8(14)13-10-3-4-11(15-2)9(7-10)5-6-12/h3-4,7H,5-6,12H2,1-2H3,(H,13,14). The third-order valence-corrected chi connectivity index (χ3v) is 2.01. The highest BCUT2D eigenvalue weighted by molar-refractivity contribution is 5.88. The maximum atomic E-state index is 10.9. The average molecular weight is 208 g/mol. The Morgan fingerprint density at radius 3 is 2.80 bits per heavy atom. The average Bonchev–Trinajstić information content (AvgIpc) is 2.18. The first-order valence-corrected chi connectivity index (χ1v) is 4.82. The van der Waals surface area contributed by atoms with Crippen LogP contribution in [0, 0.1) is 0 Å². The first-order valence-electron chi connectivity index (χ1n) is 4.82. The Hall–Kier alpha value is -1.55. The molecule has 0 spiro atoms. The fourth-order valence-corrected chi connectivity index (χ4v) is 1.41. The zero-order valence-corrected chi connectivity index (χ0v) is 9.04. The number of carbonyl (C=O) groups excluding carboxylic acids is 1. The van der Waals surface area contributed by atoms with Crippen molar-refractivity contribution < 1.29 is 9.53 Å². The Bertz CT molecular complexity index is 350. The monoisotopic (exact) mass is 208 g/mol. The van der Waals surface area contributed by atoms with Crippen molar-refractivity contribution in [3.63, 3.8) is 0 Å². The van der Waals surface area contributed by atoms with E-state index in [0.29, 0.717) is 6.54 Å². The summed E-state index contributed by atoms with van der Waals surface area (Å²) >= 11 is 0. The third kappa shape index (κ3) is 3.25. The predicted octanol–water partition coefficient (Wildman–Crippen LogP) is 1.15. The molecule has 0 bridgehead atoms. The molecule has 3 N–H and O–H groups in total. The van der Waals surface area contributed by atoms with Gasteiger partial charge < -0.3 is 15.8 Å². The van der Waals surface area contributed by atoms with Crippen molar-refractivity contribution in [1.82, 2.24) is 0 Å². The van der Waals surface area contributed by atoms with Gasteiger partial charge in [0.05, 0.1) is 7.11 Å². The molecule has 0 aliphatic rings. The Balaban J connectivity index is 2.93. The topological polar surface area (TPSA) is 64.3 Å². The molecule has 15 heavy (non-hydrogen) atoms. The Morgan fingerprint density at radius 1 is 1.53 bits per heavy atom. The van der Waals surface area contributed by atoms with E-state index in [1.54, 1.807) is 13.2 Å². The van der Waals surface area contributed by atoms with Crippen LogP contribution in [0.25, 0.3) is 0 Å². The summed E-state index contributed by atoms with van der Waals surface area (Å²) in [5, 5.41) is 2.72. The van der Waals surface area contributed by atoms with Crippen molar-refractivity contribution in [3.05, 3.63) is 23.8 Å². The zero-order chi connectivity index (χ0) is 11.3. The highest BCUT2D eigenvalue weighted by Gasteiger charge is 2.04. The fourth-order valence-electron chi connectivity index (χ4n) is 1.41. The molecule has 0 fully saturated rings. The van der Waals surface area contributed by atoms with E-state index in [0.717, 1.165) is 23.4 Å². The minimum Gasteiger partial charge on any atom is -0.496 e. The van der Waals surface area contributed by atoms with Crippen LogP contribution < -0.4 is 15.8 Å². The lowest BCUT2D eigenvalue weighted by Gasteiger charge is -2.10. The van der Waals surface area contributed by atoms with E-state index in [1.165, 1.54) is 6.92 Å². The van der Waals surface area contributed by atoms with Gasteiger partial charge in [0.15, 0.2) is 0 Å². The van der Waals surface area contributed by atoms with Gasteiger partial charge in [-0.15, -0.1) is 0 Å². The van der Waals surface area contributed by atoms with Crippen LogP contribution in [0.1, 0.15) is 12.5 Å². The van der Waals surface area contributed by atoms with Gasteiger partial charge in [0.2, 0.25) is 5.91 Å². The molecule has 4 nitrogen and oxygen atoms in total. The van der Waals surface area contributed by atoms with Crippen molar-refractivity contribution in [2.24, 2.45) is 5.73 Å². The Labute approximate surface area is 89.4 Å². The van der Waals surface area contributed by atoms with Crippen LogP contribution in [0.2, 0.25) is 0 Å². The molecule has 4 heteroatoms. The summed E-state index contributed by atoms with van der Waals surface area (Å²) in [7, 11) is 1.62. The largest absolute Gasteiger partial charge is 0.496 e. The number of nitrogens with two attached hydrogens (primary N) is 1. The number of nitrogens with one attached hydrogen (secondary N) is 1. The number of hydrogen-bond donors (Lipinski definition) is 2. The van der Waals surface area contributed by atoms with Crippen molar-refractivity contribution in [3.8, 4) is 5.75 Å². The van der Waals surface area contributed by atoms with E-state index in [1.807, 2.05) is 12.1 Å². The van der Waals surface area contributed by atoms with Gasteiger partial charge in [0, 0.05) is 12.6 Å². The van der Waals surface area contributed by atoms with Crippen molar-refractivity contribution in [1.29, 1.82) is 0 Å². The van der Waals surface area contributed by atoms with Crippen LogP contribution in [0.5, 0.6) is 5.75 Å². The lowest BCUT2D eigenvalue weighted by molar-refractivity contribution is -0.114. The summed E-state index contributed by atoms with van der Waals surface area (Å²) in [6.07, 6.45) is 0.733. The number of anilines is 1. The highest BCUT2D eigenvalue weighted by Crippen LogP contribution is 2.22. The number of benzene rings is 1. The van der Waals surface area contributed by atoms with E-state index < -0.39 is 0 Å². The zero-order valence-electron chi connectivity index (χ0n) is 9.04. The molecule has 82 valence electrons. The molecule has 0 unspecified atom stereocenters. The van der Waals surface area contributed by atoms with Crippen molar-refractivity contribution >= 4 is 11.6 Å². The molecule has 0 aliphatic carbocycles. The Morgan fingerprint density at radius 2 is 2.27 bits per heavy atom. The molecule has 0 saturated heterocycles. The van der Waals surface area contributed by atoms with Gasteiger partial charge in [-0.05, 0) is 36.7 Å². The normalized spacial score (nSPS) is 9.80. The summed E-state index contributed by atoms with van der Waals surface area (Å²) in [5.74, 6) is 0.716. The third-order valence-electron chi connectivity index (χ3n) is 2.01. The molecule has 0 atom stereocenters. The molecule has 0 aromatic heterocycles. The first-order chi connectivity index (χ1) is 7.17. The second-order valence-corrected chi connectivity index (χ2v) is 3.25. The number of hydrogen-bond acceptors (Lipinski definition) is 3. The number of methoxy groups -OCH3 is 1. The van der Waals surface area contributed by atoms with Crippen LogP contribution in [-0.2, 0) is 11.2 Å². The molecule has 1 aromatic carbocycles. The maximum Gasteiger partial charge on any atom is 0.221 e. The van der Waals surface area contributed by atoms with Crippen LogP contribution >= 0.6 is 0 Å². The lowest BCUT2D eigenvalue weighted by atomic mass is 10.1. The first kappa shape index (κ1) is 11.5. The van der Waals surface area contributed by atoms with Gasteiger partial charge >= 0.3 is 0 Å². The van der Waals surface area contributed by atoms with Crippen LogP contribution in [0.3, 0.4) is 0 Å². The number of ether oxygens (including phenoxy) is 1. The predicted molar refractivity (Wildman–Crippen MR) is 60.1 cm³/mol. The van der Waals surface area contributed by atoms with Crippen LogP contribution in [0.4, 0.5) is 5.69 Å². The molecule has 1 aromatic rings. The van der Waals surface area contributed by atoms with Crippen molar-refractivity contribution in [2.75, 3.05) is 19.0 Å². The minimum atomic E-state index is -0.0844. The van der Waals surface area contributed by atoms with Crippen LogP contribution in [-0.4, -0.2) is 19.6 Å². The molecule has 0 heterocycles. The maximum absolute atomic E-state index is 10.9. The molecule has 0 radical (unpaired) electrons. The summed E-state index contributed by atoms with van der Waals surface area (Å²) in [4.78, 5) is 10.9. The summed E-state index contributed by atoms with van der Waals surface area (Å²) in [6, 6.07) is 5.52. The van der Waals surface area contributed by atoms with Gasteiger partial charge in [-0.25, -0.2) is 0 Å². The summed E-state index contributed by atoms with van der Waals surface area (Å²) in [5.41, 5.74) is 7.27. The van der Waals surface area contributed by atoms with Gasteiger partial charge in [-0.1, -0.05) is 0 Å². The van der Waals surface area contributed by atoms with E-state index >= 15 is 0 Å². The van der Waals surface area contributed by atoms with Gasteiger partial charge in [0.25, 0.3) is 0 Å². The Kier molecular flexibility index (Phi) is 4.12. The quantitative estimate of drug-likeness (QED) is 0.780. The molecule has 1 amide bonds. The number of carbonyl (C=O) groups is 1. The number of amides is 1. The molecular formula is C11H16N2O2. The van der Waals surface area contributed by atoms with Crippen molar-refractivity contribution in [2.45, 2.75) is 13.3 Å². The SMILES string of the molecule is COc1ccc(NC(C)=O)cc1CCN. The summed E-state index contributed by atoms with van der Waals surface area (Å²) in [6.45, 7) is 2.03. The highest BCUT2D eigenvalue weighted by atomic mass is 16.5. The van der Waals surface area contributed by atoms with E-state index in [-0.39, 0.29) is 5.91 Å². The fraction of sp³-hybridized carbons (Fsp3) is 0.364. The van der Waals surface area contributed by atoms with E-state index in [2.05, 4.69) is 5.32 Å². The molecule has 0 saturated carbocycles. The smallest absolute Gasteiger partial charge is 0.221 e. The van der Waals surface area contributed by atoms with E-state index in [9.17, 15) is 4.79 Å². The summed E-state index contributed by atoms with van der Waals surface area (Å²) < 4.78 is 5.19. The van der Waals surface area contributed by atoms with Crippen LogP contribution in [0.15, 0.2) is 18.2 Å².